The highest BCUT2D eigenvalue weighted by Gasteiger charge is 2.26. The molecule has 1 aromatic carbocycles. The molecule has 0 saturated carbocycles. The fourth-order valence-electron chi connectivity index (χ4n) is 3.43. The van der Waals surface area contributed by atoms with Crippen molar-refractivity contribution >= 4 is 17.2 Å². The molecule has 134 valence electrons. The van der Waals surface area contributed by atoms with Crippen LogP contribution in [0, 0.1) is 11.7 Å². The van der Waals surface area contributed by atoms with Crippen LogP contribution in [-0.4, -0.2) is 38.7 Å². The number of aryl methyl sites for hydroxylation is 1. The second-order valence-electron chi connectivity index (χ2n) is 6.56. The standard InChI is InChI=1S/C19H20FN5O/c1-2-16-21-22-17-7-8-18(23-25(16)17)24-11-9-14(10-12-24)19(26)13-3-5-15(20)6-4-13/h3-8,14H,2,9-12H2,1H3. The van der Waals surface area contributed by atoms with Gasteiger partial charge in [0, 0.05) is 31.0 Å². The van der Waals surface area contributed by atoms with Crippen LogP contribution in [0.25, 0.3) is 5.65 Å². The van der Waals surface area contributed by atoms with E-state index in [-0.39, 0.29) is 17.5 Å². The summed E-state index contributed by atoms with van der Waals surface area (Å²) in [6.45, 7) is 3.55. The molecule has 26 heavy (non-hydrogen) atoms. The van der Waals surface area contributed by atoms with E-state index in [4.69, 9.17) is 0 Å². The highest BCUT2D eigenvalue weighted by atomic mass is 19.1. The van der Waals surface area contributed by atoms with Gasteiger partial charge in [0.05, 0.1) is 0 Å². The maximum atomic E-state index is 13.0. The Labute approximate surface area is 150 Å². The van der Waals surface area contributed by atoms with Crippen LogP contribution in [-0.2, 0) is 6.42 Å². The van der Waals surface area contributed by atoms with Crippen LogP contribution in [0.15, 0.2) is 36.4 Å². The predicted molar refractivity (Wildman–Crippen MR) is 95.8 cm³/mol. The Morgan fingerprint density at radius 3 is 2.54 bits per heavy atom. The molecule has 0 bridgehead atoms. The second kappa shape index (κ2) is 6.82. The fourth-order valence-corrected chi connectivity index (χ4v) is 3.43. The summed E-state index contributed by atoms with van der Waals surface area (Å²) in [5, 5.41) is 12.9. The van der Waals surface area contributed by atoms with Crippen molar-refractivity contribution in [3.63, 3.8) is 0 Å². The van der Waals surface area contributed by atoms with Crippen molar-refractivity contribution in [1.29, 1.82) is 0 Å². The van der Waals surface area contributed by atoms with Crippen molar-refractivity contribution in [2.45, 2.75) is 26.2 Å². The lowest BCUT2D eigenvalue weighted by molar-refractivity contribution is 0.0900. The molecule has 0 amide bonds. The molecule has 7 heteroatoms. The van der Waals surface area contributed by atoms with Gasteiger partial charge in [-0.3, -0.25) is 4.79 Å². The summed E-state index contributed by atoms with van der Waals surface area (Å²) in [6, 6.07) is 9.68. The quantitative estimate of drug-likeness (QED) is 0.675. The lowest BCUT2D eigenvalue weighted by Crippen LogP contribution is -2.37. The number of Topliss-reactive ketones (excluding diaryl/α,β-unsaturated/α-hetero) is 1. The van der Waals surface area contributed by atoms with Crippen molar-refractivity contribution < 1.29 is 9.18 Å². The number of piperidine rings is 1. The highest BCUT2D eigenvalue weighted by Crippen LogP contribution is 2.25. The Morgan fingerprint density at radius 1 is 1.12 bits per heavy atom. The number of hydrogen-bond donors (Lipinski definition) is 0. The van der Waals surface area contributed by atoms with E-state index in [0.717, 1.165) is 49.6 Å². The summed E-state index contributed by atoms with van der Waals surface area (Å²) in [7, 11) is 0. The summed E-state index contributed by atoms with van der Waals surface area (Å²) >= 11 is 0. The molecule has 1 aliphatic heterocycles. The Morgan fingerprint density at radius 2 is 1.85 bits per heavy atom. The van der Waals surface area contributed by atoms with Crippen LogP contribution in [0.2, 0.25) is 0 Å². The first-order valence-corrected chi connectivity index (χ1v) is 8.92. The smallest absolute Gasteiger partial charge is 0.178 e. The maximum Gasteiger partial charge on any atom is 0.178 e. The molecule has 0 N–H and O–H groups in total. The monoisotopic (exact) mass is 353 g/mol. The van der Waals surface area contributed by atoms with Gasteiger partial charge in [-0.05, 0) is 49.2 Å². The highest BCUT2D eigenvalue weighted by molar-refractivity contribution is 5.97. The Kier molecular flexibility index (Phi) is 4.36. The predicted octanol–water partition coefficient (Wildman–Crippen LogP) is 2.93. The molecular weight excluding hydrogens is 333 g/mol. The lowest BCUT2D eigenvalue weighted by atomic mass is 9.89. The zero-order chi connectivity index (χ0) is 18.1. The van der Waals surface area contributed by atoms with E-state index in [2.05, 4.69) is 20.2 Å². The average molecular weight is 353 g/mol. The number of aromatic nitrogens is 4. The largest absolute Gasteiger partial charge is 0.355 e. The molecule has 6 nitrogen and oxygen atoms in total. The van der Waals surface area contributed by atoms with Crippen molar-refractivity contribution in [1.82, 2.24) is 19.8 Å². The number of halogens is 1. The van der Waals surface area contributed by atoms with E-state index < -0.39 is 0 Å². The third-order valence-electron chi connectivity index (χ3n) is 4.95. The number of fused-ring (bicyclic) bond motifs is 1. The van der Waals surface area contributed by atoms with Crippen molar-refractivity contribution in [2.24, 2.45) is 5.92 Å². The van der Waals surface area contributed by atoms with Gasteiger partial charge in [-0.15, -0.1) is 15.3 Å². The minimum atomic E-state index is -0.321. The molecule has 0 radical (unpaired) electrons. The van der Waals surface area contributed by atoms with Gasteiger partial charge in [0.1, 0.15) is 11.6 Å². The average Bonchev–Trinajstić information content (AvgIpc) is 3.10. The number of ketones is 1. The topological polar surface area (TPSA) is 63.4 Å². The summed E-state index contributed by atoms with van der Waals surface area (Å²) in [4.78, 5) is 14.8. The maximum absolute atomic E-state index is 13.0. The molecule has 0 aliphatic carbocycles. The molecule has 0 spiro atoms. The first-order chi connectivity index (χ1) is 12.7. The number of benzene rings is 1. The van der Waals surface area contributed by atoms with Crippen LogP contribution in [0.5, 0.6) is 0 Å². The van der Waals surface area contributed by atoms with Gasteiger partial charge < -0.3 is 4.90 Å². The SMILES string of the molecule is CCc1nnc2ccc(N3CCC(C(=O)c4ccc(F)cc4)CC3)nn12. The minimum absolute atomic E-state index is 0.0263. The fraction of sp³-hybridized carbons (Fsp3) is 0.368. The van der Waals surface area contributed by atoms with E-state index in [1.807, 2.05) is 19.1 Å². The first-order valence-electron chi connectivity index (χ1n) is 8.92. The van der Waals surface area contributed by atoms with Crippen molar-refractivity contribution in [3.05, 3.63) is 53.6 Å². The molecular formula is C19H20FN5O. The van der Waals surface area contributed by atoms with Crippen LogP contribution >= 0.6 is 0 Å². The second-order valence-corrected chi connectivity index (χ2v) is 6.56. The van der Waals surface area contributed by atoms with Gasteiger partial charge in [-0.2, -0.15) is 4.52 Å². The summed E-state index contributed by atoms with van der Waals surface area (Å²) in [5.41, 5.74) is 1.33. The van der Waals surface area contributed by atoms with Gasteiger partial charge >= 0.3 is 0 Å². The molecule has 3 aromatic rings. The summed E-state index contributed by atoms with van der Waals surface area (Å²) in [5.74, 6) is 1.46. The van der Waals surface area contributed by atoms with E-state index in [0.29, 0.717) is 5.56 Å². The van der Waals surface area contributed by atoms with Gasteiger partial charge in [-0.25, -0.2) is 4.39 Å². The van der Waals surface area contributed by atoms with Crippen LogP contribution in [0.4, 0.5) is 10.2 Å². The molecule has 2 aromatic heterocycles. The number of anilines is 1. The molecule has 0 atom stereocenters. The van der Waals surface area contributed by atoms with E-state index in [9.17, 15) is 9.18 Å². The summed E-state index contributed by atoms with van der Waals surface area (Å²) in [6.07, 6.45) is 2.29. The van der Waals surface area contributed by atoms with Crippen LogP contribution in [0.3, 0.4) is 0 Å². The molecule has 1 aliphatic rings. The Hall–Kier alpha value is -2.83. The normalized spacial score (nSPS) is 15.5. The number of carbonyl (C=O) groups excluding carboxylic acids is 1. The Bertz CT molecular complexity index is 929. The number of carbonyl (C=O) groups is 1. The molecule has 3 heterocycles. The Balaban J connectivity index is 1.46. The zero-order valence-corrected chi connectivity index (χ0v) is 14.6. The molecule has 0 unspecified atom stereocenters. The van der Waals surface area contributed by atoms with E-state index in [1.165, 1.54) is 12.1 Å². The molecule has 4 rings (SSSR count). The van der Waals surface area contributed by atoms with Gasteiger partial charge in [0.25, 0.3) is 0 Å². The first kappa shape index (κ1) is 16.6. The van der Waals surface area contributed by atoms with Gasteiger partial charge in [-0.1, -0.05) is 6.92 Å². The molecule has 1 fully saturated rings. The van der Waals surface area contributed by atoms with Crippen molar-refractivity contribution in [2.75, 3.05) is 18.0 Å². The third kappa shape index (κ3) is 3.05. The zero-order valence-electron chi connectivity index (χ0n) is 14.6. The number of rotatable bonds is 4. The van der Waals surface area contributed by atoms with Crippen LogP contribution in [0.1, 0.15) is 35.9 Å². The minimum Gasteiger partial charge on any atom is -0.355 e. The third-order valence-corrected chi connectivity index (χ3v) is 4.95. The van der Waals surface area contributed by atoms with E-state index >= 15 is 0 Å². The summed E-state index contributed by atoms with van der Waals surface area (Å²) < 4.78 is 14.8. The van der Waals surface area contributed by atoms with Gasteiger partial charge in [0.15, 0.2) is 17.3 Å². The molecule has 1 saturated heterocycles. The number of nitrogens with zero attached hydrogens (tertiary/aromatic N) is 5. The number of hydrogen-bond acceptors (Lipinski definition) is 5. The lowest BCUT2D eigenvalue weighted by Gasteiger charge is -2.32. The van der Waals surface area contributed by atoms with Crippen LogP contribution < -0.4 is 4.90 Å². The van der Waals surface area contributed by atoms with Gasteiger partial charge in [0.2, 0.25) is 0 Å². The van der Waals surface area contributed by atoms with E-state index in [1.54, 1.807) is 16.6 Å². The van der Waals surface area contributed by atoms with Crippen molar-refractivity contribution in [3.8, 4) is 0 Å².